The molecule has 176 valence electrons. The maximum absolute atomic E-state index is 14.4. The number of anilines is 1. The predicted molar refractivity (Wildman–Crippen MR) is 125 cm³/mol. The molecule has 1 fully saturated rings. The van der Waals surface area contributed by atoms with Crippen molar-refractivity contribution in [3.05, 3.63) is 81.3 Å². The number of halogens is 1. The lowest BCUT2D eigenvalue weighted by Gasteiger charge is -2.31. The van der Waals surface area contributed by atoms with Crippen molar-refractivity contribution in [1.82, 2.24) is 14.9 Å². The van der Waals surface area contributed by atoms with Gasteiger partial charge in [0.1, 0.15) is 0 Å². The largest absolute Gasteiger partial charge is 0.435 e. The Bertz CT molecular complexity index is 1200. The highest BCUT2D eigenvalue weighted by molar-refractivity contribution is 5.44. The lowest BCUT2D eigenvalue weighted by atomic mass is 10.0. The molecule has 1 saturated heterocycles. The van der Waals surface area contributed by atoms with Crippen molar-refractivity contribution >= 4 is 11.6 Å². The number of nitrogens with zero attached hydrogens (tertiary/aromatic N) is 5. The fourth-order valence-electron chi connectivity index (χ4n) is 4.58. The van der Waals surface area contributed by atoms with E-state index in [1.54, 1.807) is 36.4 Å². The summed E-state index contributed by atoms with van der Waals surface area (Å²) in [5.41, 5.74) is 2.45. The van der Waals surface area contributed by atoms with Crippen molar-refractivity contribution in [2.45, 2.75) is 38.8 Å². The molecule has 34 heavy (non-hydrogen) atoms. The van der Waals surface area contributed by atoms with Crippen LogP contribution in [-0.2, 0) is 19.5 Å². The molecule has 2 aliphatic heterocycles. The highest BCUT2D eigenvalue weighted by atomic mass is 19.1. The maximum Gasteiger partial charge on any atom is 0.273 e. The summed E-state index contributed by atoms with van der Waals surface area (Å²) < 4.78 is 20.4. The van der Waals surface area contributed by atoms with Crippen LogP contribution in [0.3, 0.4) is 0 Å². The minimum absolute atomic E-state index is 0.104. The number of aromatic nitrogens is 2. The van der Waals surface area contributed by atoms with Gasteiger partial charge < -0.3 is 9.64 Å². The number of hydrogen-bond acceptors (Lipinski definition) is 7. The highest BCUT2D eigenvalue weighted by Crippen LogP contribution is 2.34. The van der Waals surface area contributed by atoms with Crippen molar-refractivity contribution < 1.29 is 14.1 Å². The zero-order valence-corrected chi connectivity index (χ0v) is 18.8. The summed E-state index contributed by atoms with van der Waals surface area (Å²) in [6.07, 6.45) is 4.04. The van der Waals surface area contributed by atoms with Crippen molar-refractivity contribution in [3.8, 4) is 11.6 Å². The molecule has 0 N–H and O–H groups in total. The molecule has 2 aromatic carbocycles. The lowest BCUT2D eigenvalue weighted by molar-refractivity contribution is -0.385. The first-order valence-electron chi connectivity index (χ1n) is 11.6. The van der Waals surface area contributed by atoms with Gasteiger partial charge in [0.25, 0.3) is 5.69 Å². The van der Waals surface area contributed by atoms with Gasteiger partial charge >= 0.3 is 0 Å². The third-order valence-corrected chi connectivity index (χ3v) is 6.35. The number of piperidine rings is 1. The molecular formula is C25H26FN5O3. The van der Waals surface area contributed by atoms with Crippen molar-refractivity contribution in [2.75, 3.05) is 24.5 Å². The SMILES string of the molecule is O=[N+]([O-])c1ccccc1CN1CCc2nc(N3CCCCC3)nc(Oc3ccccc3F)c2C1. The standard InChI is InChI=1S/C25H26FN5O3/c26-20-9-3-5-11-23(20)34-24-19-17-29(16-18-8-2-4-10-22(18)31(32)33)15-12-21(19)27-25(28-24)30-13-6-1-7-14-30/h2-5,8-11H,1,6-7,12-17H2. The van der Waals surface area contributed by atoms with E-state index in [0.717, 1.165) is 37.2 Å². The van der Waals surface area contributed by atoms with Crippen LogP contribution in [0.4, 0.5) is 16.0 Å². The van der Waals surface area contributed by atoms with Crippen LogP contribution in [0.2, 0.25) is 0 Å². The second kappa shape index (κ2) is 9.72. The van der Waals surface area contributed by atoms with Crippen LogP contribution in [0, 0.1) is 15.9 Å². The van der Waals surface area contributed by atoms with Gasteiger partial charge in [-0.25, -0.2) is 9.37 Å². The van der Waals surface area contributed by atoms with Gasteiger partial charge in [-0.2, -0.15) is 4.98 Å². The number of para-hydroxylation sites is 2. The second-order valence-corrected chi connectivity index (χ2v) is 8.68. The van der Waals surface area contributed by atoms with Gasteiger partial charge in [0, 0.05) is 50.8 Å². The molecule has 0 atom stereocenters. The van der Waals surface area contributed by atoms with E-state index in [1.165, 1.54) is 18.6 Å². The summed E-state index contributed by atoms with van der Waals surface area (Å²) >= 11 is 0. The van der Waals surface area contributed by atoms with Crippen molar-refractivity contribution in [1.29, 1.82) is 0 Å². The van der Waals surface area contributed by atoms with E-state index in [2.05, 4.69) is 9.80 Å². The molecule has 0 bridgehead atoms. The van der Waals surface area contributed by atoms with Gasteiger partial charge in [0.05, 0.1) is 16.2 Å². The summed E-state index contributed by atoms with van der Waals surface area (Å²) in [6.45, 7) is 3.37. The first-order chi connectivity index (χ1) is 16.6. The molecule has 5 rings (SSSR count). The summed E-state index contributed by atoms with van der Waals surface area (Å²) in [7, 11) is 0. The average molecular weight is 464 g/mol. The van der Waals surface area contributed by atoms with Gasteiger partial charge in [-0.05, 0) is 31.4 Å². The zero-order valence-electron chi connectivity index (χ0n) is 18.8. The molecule has 0 saturated carbocycles. The quantitative estimate of drug-likeness (QED) is 0.381. The Balaban J connectivity index is 1.47. The fraction of sp³-hybridized carbons (Fsp3) is 0.360. The number of hydrogen-bond donors (Lipinski definition) is 0. The minimum atomic E-state index is -0.457. The van der Waals surface area contributed by atoms with Crippen LogP contribution < -0.4 is 9.64 Å². The van der Waals surface area contributed by atoms with Crippen molar-refractivity contribution in [3.63, 3.8) is 0 Å². The molecule has 0 amide bonds. The van der Waals surface area contributed by atoms with E-state index >= 15 is 0 Å². The Morgan fingerprint density at radius 3 is 2.56 bits per heavy atom. The zero-order chi connectivity index (χ0) is 23.5. The Morgan fingerprint density at radius 1 is 1.00 bits per heavy atom. The van der Waals surface area contributed by atoms with E-state index in [0.29, 0.717) is 43.4 Å². The Kier molecular flexibility index (Phi) is 6.35. The molecule has 0 unspecified atom stereocenters. The van der Waals surface area contributed by atoms with Gasteiger partial charge in [-0.3, -0.25) is 15.0 Å². The summed E-state index contributed by atoms with van der Waals surface area (Å²) in [6, 6.07) is 13.1. The van der Waals surface area contributed by atoms with Gasteiger partial charge in [-0.1, -0.05) is 30.3 Å². The highest BCUT2D eigenvalue weighted by Gasteiger charge is 2.27. The number of nitro benzene ring substituents is 1. The first kappa shape index (κ1) is 22.2. The molecule has 8 nitrogen and oxygen atoms in total. The molecule has 0 spiro atoms. The summed E-state index contributed by atoms with van der Waals surface area (Å²) in [4.78, 5) is 25.0. The first-order valence-corrected chi connectivity index (χ1v) is 11.6. The molecule has 9 heteroatoms. The van der Waals surface area contributed by atoms with Crippen LogP contribution in [0.25, 0.3) is 0 Å². The van der Waals surface area contributed by atoms with Crippen LogP contribution in [0.5, 0.6) is 11.6 Å². The third-order valence-electron chi connectivity index (χ3n) is 6.35. The molecule has 1 aromatic heterocycles. The number of ether oxygens (including phenoxy) is 1. The molecule has 3 heterocycles. The summed E-state index contributed by atoms with van der Waals surface area (Å²) in [5.74, 6) is 0.630. The molecule has 2 aliphatic rings. The van der Waals surface area contributed by atoms with Gasteiger partial charge in [0.15, 0.2) is 11.6 Å². The minimum Gasteiger partial charge on any atom is -0.435 e. The Labute approximate surface area is 197 Å². The van der Waals surface area contributed by atoms with E-state index in [1.807, 2.05) is 0 Å². The van der Waals surface area contributed by atoms with Crippen LogP contribution in [-0.4, -0.2) is 39.4 Å². The average Bonchev–Trinajstić information content (AvgIpc) is 2.86. The van der Waals surface area contributed by atoms with E-state index in [4.69, 9.17) is 14.7 Å². The lowest BCUT2D eigenvalue weighted by Crippen LogP contribution is -2.34. The summed E-state index contributed by atoms with van der Waals surface area (Å²) in [5, 5.41) is 11.4. The van der Waals surface area contributed by atoms with E-state index in [-0.39, 0.29) is 16.4 Å². The van der Waals surface area contributed by atoms with Crippen LogP contribution >= 0.6 is 0 Å². The van der Waals surface area contributed by atoms with Gasteiger partial charge in [0.2, 0.25) is 11.8 Å². The second-order valence-electron chi connectivity index (χ2n) is 8.68. The Morgan fingerprint density at radius 2 is 1.76 bits per heavy atom. The molecule has 0 radical (unpaired) electrons. The smallest absolute Gasteiger partial charge is 0.273 e. The maximum atomic E-state index is 14.4. The van der Waals surface area contributed by atoms with Crippen molar-refractivity contribution in [2.24, 2.45) is 0 Å². The monoisotopic (exact) mass is 463 g/mol. The number of rotatable bonds is 6. The van der Waals surface area contributed by atoms with Crippen LogP contribution in [0.15, 0.2) is 48.5 Å². The van der Waals surface area contributed by atoms with E-state index < -0.39 is 5.82 Å². The Hall–Kier alpha value is -3.59. The molecule has 0 aliphatic carbocycles. The van der Waals surface area contributed by atoms with Gasteiger partial charge in [-0.15, -0.1) is 0 Å². The van der Waals surface area contributed by atoms with E-state index in [9.17, 15) is 14.5 Å². The predicted octanol–water partition coefficient (Wildman–Crippen LogP) is 4.86. The fourth-order valence-corrected chi connectivity index (χ4v) is 4.58. The number of nitro groups is 1. The molecule has 3 aromatic rings. The number of fused-ring (bicyclic) bond motifs is 1. The number of benzene rings is 2. The topological polar surface area (TPSA) is 84.6 Å². The third kappa shape index (κ3) is 4.70. The normalized spacial score (nSPS) is 16.2. The van der Waals surface area contributed by atoms with Crippen LogP contribution in [0.1, 0.15) is 36.1 Å². The molecular weight excluding hydrogens is 437 g/mol.